The van der Waals surface area contributed by atoms with Gasteiger partial charge in [0.1, 0.15) is 11.7 Å². The zero-order valence-electron chi connectivity index (χ0n) is 15.5. The van der Waals surface area contributed by atoms with Crippen LogP contribution in [0.4, 0.5) is 4.79 Å². The molecule has 1 aliphatic rings. The number of hydrogen-bond donors (Lipinski definition) is 3. The molecule has 6 heteroatoms. The first-order valence-corrected chi connectivity index (χ1v) is 8.59. The van der Waals surface area contributed by atoms with E-state index in [0.717, 1.165) is 5.56 Å². The summed E-state index contributed by atoms with van der Waals surface area (Å²) in [5.41, 5.74) is -1.31. The second-order valence-corrected chi connectivity index (χ2v) is 7.95. The molecule has 1 saturated heterocycles. The molecule has 0 saturated carbocycles. The number of alkyl carbamates (subject to hydrolysis) is 1. The van der Waals surface area contributed by atoms with Crippen molar-refractivity contribution in [1.29, 1.82) is 0 Å². The Morgan fingerprint density at radius 2 is 1.92 bits per heavy atom. The van der Waals surface area contributed by atoms with Gasteiger partial charge in [-0.25, -0.2) is 4.79 Å². The number of nitrogens with one attached hydrogen (secondary N) is 2. The number of rotatable bonds is 4. The maximum absolute atomic E-state index is 12.8. The molecule has 1 heterocycles. The van der Waals surface area contributed by atoms with E-state index in [1.165, 1.54) is 0 Å². The predicted molar refractivity (Wildman–Crippen MR) is 95.0 cm³/mol. The van der Waals surface area contributed by atoms with Gasteiger partial charge in [0.25, 0.3) is 0 Å². The van der Waals surface area contributed by atoms with E-state index in [2.05, 4.69) is 10.6 Å². The molecule has 3 atom stereocenters. The molecule has 0 radical (unpaired) electrons. The molecule has 6 nitrogen and oxygen atoms in total. The Morgan fingerprint density at radius 1 is 1.32 bits per heavy atom. The Morgan fingerprint density at radius 3 is 2.40 bits per heavy atom. The van der Waals surface area contributed by atoms with Crippen LogP contribution in [0.5, 0.6) is 0 Å². The Hall–Kier alpha value is -2.08. The minimum Gasteiger partial charge on any atom is -0.444 e. The highest BCUT2D eigenvalue weighted by molar-refractivity contribution is 5.94. The molecule has 0 spiro atoms. The van der Waals surface area contributed by atoms with Crippen LogP contribution in [-0.4, -0.2) is 40.4 Å². The number of carbonyl (C=O) groups excluding carboxylic acids is 2. The molecular weight excluding hydrogens is 320 g/mol. The monoisotopic (exact) mass is 348 g/mol. The topological polar surface area (TPSA) is 87.7 Å². The first kappa shape index (κ1) is 19.2. The third-order valence-electron chi connectivity index (χ3n) is 4.32. The minimum atomic E-state index is -1.46. The van der Waals surface area contributed by atoms with Crippen LogP contribution in [0.2, 0.25) is 0 Å². The van der Waals surface area contributed by atoms with Crippen LogP contribution in [0.3, 0.4) is 0 Å². The molecule has 0 unspecified atom stereocenters. The van der Waals surface area contributed by atoms with Crippen molar-refractivity contribution in [2.75, 3.05) is 0 Å². The van der Waals surface area contributed by atoms with Crippen LogP contribution in [0, 0.1) is 5.92 Å². The highest BCUT2D eigenvalue weighted by Gasteiger charge is 2.56. The van der Waals surface area contributed by atoms with Gasteiger partial charge < -0.3 is 20.5 Å². The lowest BCUT2D eigenvalue weighted by atomic mass is 9.83. The fourth-order valence-electron chi connectivity index (χ4n) is 3.09. The van der Waals surface area contributed by atoms with Crippen LogP contribution < -0.4 is 10.6 Å². The molecule has 3 N–H and O–H groups in total. The summed E-state index contributed by atoms with van der Waals surface area (Å²) in [6.45, 7) is 9.08. The summed E-state index contributed by atoms with van der Waals surface area (Å²) in [6.07, 6.45) is -1.60. The van der Waals surface area contributed by atoms with Gasteiger partial charge in [0.05, 0.1) is 6.04 Å². The predicted octanol–water partition coefficient (Wildman–Crippen LogP) is 2.01. The van der Waals surface area contributed by atoms with E-state index >= 15 is 0 Å². The second kappa shape index (κ2) is 7.04. The van der Waals surface area contributed by atoms with Crippen molar-refractivity contribution < 1.29 is 19.4 Å². The van der Waals surface area contributed by atoms with Gasteiger partial charge in [0, 0.05) is 6.42 Å². The molecule has 2 rings (SSSR count). The summed E-state index contributed by atoms with van der Waals surface area (Å²) in [4.78, 5) is 25.1. The van der Waals surface area contributed by atoms with Crippen molar-refractivity contribution in [3.05, 3.63) is 35.9 Å². The third-order valence-corrected chi connectivity index (χ3v) is 4.32. The number of aliphatic hydroxyl groups is 1. The van der Waals surface area contributed by atoms with Gasteiger partial charge in [-0.15, -0.1) is 0 Å². The van der Waals surface area contributed by atoms with Crippen LogP contribution in [-0.2, 0) is 16.0 Å². The fourth-order valence-corrected chi connectivity index (χ4v) is 3.09. The Balaban J connectivity index is 2.34. The largest absolute Gasteiger partial charge is 0.444 e. The average molecular weight is 348 g/mol. The van der Waals surface area contributed by atoms with E-state index in [1.54, 1.807) is 20.8 Å². The fraction of sp³-hybridized carbons (Fsp3) is 0.579. The normalized spacial score (nSPS) is 26.4. The third kappa shape index (κ3) is 4.31. The van der Waals surface area contributed by atoms with Gasteiger partial charge in [0.15, 0.2) is 5.54 Å². The smallest absolute Gasteiger partial charge is 0.408 e. The molecule has 0 bridgehead atoms. The summed E-state index contributed by atoms with van der Waals surface area (Å²) in [5, 5.41) is 16.4. The molecule has 0 aromatic heterocycles. The lowest BCUT2D eigenvalue weighted by Crippen LogP contribution is -2.62. The van der Waals surface area contributed by atoms with Crippen molar-refractivity contribution in [3.8, 4) is 0 Å². The maximum atomic E-state index is 12.8. The summed E-state index contributed by atoms with van der Waals surface area (Å²) >= 11 is 0. The first-order chi connectivity index (χ1) is 11.5. The van der Waals surface area contributed by atoms with E-state index in [0.29, 0.717) is 0 Å². The molecular formula is C19H28N2O4. The molecule has 1 fully saturated rings. The number of ether oxygens (including phenoxy) is 1. The van der Waals surface area contributed by atoms with Gasteiger partial charge in [-0.05, 0) is 32.3 Å². The van der Waals surface area contributed by atoms with Gasteiger partial charge in [0.2, 0.25) is 5.91 Å². The number of aliphatic hydroxyl groups excluding tert-OH is 1. The number of amides is 2. The zero-order valence-corrected chi connectivity index (χ0v) is 15.5. The zero-order chi connectivity index (χ0) is 18.8. The lowest BCUT2D eigenvalue weighted by Gasteiger charge is -2.33. The minimum absolute atomic E-state index is 0.0250. The Labute approximate surface area is 149 Å². The number of benzene rings is 1. The Kier molecular flexibility index (Phi) is 5.42. The second-order valence-electron chi connectivity index (χ2n) is 7.95. The van der Waals surface area contributed by atoms with Crippen LogP contribution >= 0.6 is 0 Å². The van der Waals surface area contributed by atoms with Crippen molar-refractivity contribution in [2.45, 2.75) is 64.3 Å². The van der Waals surface area contributed by atoms with Gasteiger partial charge in [-0.3, -0.25) is 4.79 Å². The summed E-state index contributed by atoms with van der Waals surface area (Å²) in [7, 11) is 0. The molecule has 2 amide bonds. The van der Waals surface area contributed by atoms with Crippen LogP contribution in [0.15, 0.2) is 30.3 Å². The molecule has 1 aromatic carbocycles. The molecule has 138 valence electrons. The van der Waals surface area contributed by atoms with E-state index < -0.39 is 35.3 Å². The number of hydrogen-bond acceptors (Lipinski definition) is 4. The highest BCUT2D eigenvalue weighted by Crippen LogP contribution is 2.30. The van der Waals surface area contributed by atoms with Crippen LogP contribution in [0.1, 0.15) is 40.2 Å². The standard InChI is InChI=1S/C19H28N2O4/c1-12(2)14-15(22)19(16(23)20-14,11-13-9-7-6-8-10-13)21-17(24)25-18(3,4)5/h6-10,12,14-15,22H,11H2,1-5H3,(H,20,23)(H,21,24)/t14-,15+,19-/m1/s1. The summed E-state index contributed by atoms with van der Waals surface area (Å²) < 4.78 is 5.31. The van der Waals surface area contributed by atoms with E-state index in [1.807, 2.05) is 44.2 Å². The quantitative estimate of drug-likeness (QED) is 0.777. The van der Waals surface area contributed by atoms with E-state index in [9.17, 15) is 14.7 Å². The highest BCUT2D eigenvalue weighted by atomic mass is 16.6. The van der Waals surface area contributed by atoms with E-state index in [-0.39, 0.29) is 12.3 Å². The summed E-state index contributed by atoms with van der Waals surface area (Å²) in [5.74, 6) is -0.370. The van der Waals surface area contributed by atoms with Gasteiger partial charge in [-0.2, -0.15) is 0 Å². The van der Waals surface area contributed by atoms with Gasteiger partial charge in [-0.1, -0.05) is 44.2 Å². The summed E-state index contributed by atoms with van der Waals surface area (Å²) in [6, 6.07) is 8.87. The Bertz CT molecular complexity index is 624. The SMILES string of the molecule is CC(C)[C@H]1NC(=O)[C@](Cc2ccccc2)(NC(=O)OC(C)(C)C)[C@H]1O. The molecule has 1 aromatic rings. The molecule has 25 heavy (non-hydrogen) atoms. The van der Waals surface area contributed by atoms with Crippen molar-refractivity contribution >= 4 is 12.0 Å². The molecule has 0 aliphatic carbocycles. The van der Waals surface area contributed by atoms with Crippen molar-refractivity contribution in [3.63, 3.8) is 0 Å². The number of carbonyl (C=O) groups is 2. The lowest BCUT2D eigenvalue weighted by molar-refractivity contribution is -0.126. The maximum Gasteiger partial charge on any atom is 0.408 e. The van der Waals surface area contributed by atoms with Gasteiger partial charge >= 0.3 is 6.09 Å². The van der Waals surface area contributed by atoms with Crippen molar-refractivity contribution in [1.82, 2.24) is 10.6 Å². The first-order valence-electron chi connectivity index (χ1n) is 8.59. The van der Waals surface area contributed by atoms with E-state index in [4.69, 9.17) is 4.74 Å². The molecule has 1 aliphatic heterocycles. The van der Waals surface area contributed by atoms with Crippen LogP contribution in [0.25, 0.3) is 0 Å². The average Bonchev–Trinajstić information content (AvgIpc) is 2.71. The van der Waals surface area contributed by atoms with Crippen molar-refractivity contribution in [2.24, 2.45) is 5.92 Å².